The zero-order valence-corrected chi connectivity index (χ0v) is 12.4. The highest BCUT2D eigenvalue weighted by Crippen LogP contribution is 2.11. The first-order valence-corrected chi connectivity index (χ1v) is 6.71. The number of hydrogen-bond donors (Lipinski definition) is 1. The Bertz CT molecular complexity index is 494. The molecule has 0 radical (unpaired) electrons. The minimum atomic E-state index is 0.689. The molecule has 0 unspecified atom stereocenters. The van der Waals surface area contributed by atoms with E-state index in [4.69, 9.17) is 12.2 Å². The van der Waals surface area contributed by atoms with E-state index in [0.717, 1.165) is 30.2 Å². The molecule has 2 heterocycles. The second kappa shape index (κ2) is 5.97. The highest BCUT2D eigenvalue weighted by molar-refractivity contribution is 7.80. The summed E-state index contributed by atoms with van der Waals surface area (Å²) in [5, 5.41) is 4.99. The molecule has 0 spiro atoms. The van der Waals surface area contributed by atoms with Crippen molar-refractivity contribution in [3.05, 3.63) is 24.0 Å². The smallest absolute Gasteiger partial charge is 0.189 e. The molecule has 1 aromatic rings. The standard InChI is InChI=1S/C13H19N5S/c1-10(15-16-13(19)18-7-4-8-18)12-9-11(17(2)3)5-6-14-12/h5-6,9H,4,7-8H2,1-3H3,(H,16,19)/b15-10+. The molecular weight excluding hydrogens is 258 g/mol. The summed E-state index contributed by atoms with van der Waals surface area (Å²) in [5.41, 5.74) is 5.70. The summed E-state index contributed by atoms with van der Waals surface area (Å²) < 4.78 is 0. The highest BCUT2D eigenvalue weighted by atomic mass is 32.1. The molecule has 1 fully saturated rings. The van der Waals surface area contributed by atoms with E-state index in [1.165, 1.54) is 6.42 Å². The van der Waals surface area contributed by atoms with Crippen molar-refractivity contribution < 1.29 is 0 Å². The van der Waals surface area contributed by atoms with Gasteiger partial charge in [-0.2, -0.15) is 5.10 Å². The molecule has 0 saturated carbocycles. The number of anilines is 1. The summed E-state index contributed by atoms with van der Waals surface area (Å²) in [7, 11) is 4.01. The number of hydrazone groups is 1. The van der Waals surface area contributed by atoms with E-state index in [9.17, 15) is 0 Å². The molecule has 6 heteroatoms. The van der Waals surface area contributed by atoms with Gasteiger partial charge in [0.1, 0.15) is 0 Å². The molecule has 5 nitrogen and oxygen atoms in total. The van der Waals surface area contributed by atoms with Gasteiger partial charge in [-0.3, -0.25) is 10.4 Å². The summed E-state index contributed by atoms with van der Waals surface area (Å²) in [6.45, 7) is 3.97. The zero-order chi connectivity index (χ0) is 13.8. The summed E-state index contributed by atoms with van der Waals surface area (Å²) in [4.78, 5) is 8.46. The van der Waals surface area contributed by atoms with Gasteiger partial charge in [-0.1, -0.05) is 0 Å². The molecule has 1 saturated heterocycles. The number of nitrogens with zero attached hydrogens (tertiary/aromatic N) is 4. The molecule has 0 aliphatic carbocycles. The molecule has 1 aliphatic heterocycles. The van der Waals surface area contributed by atoms with Crippen molar-refractivity contribution in [3.8, 4) is 0 Å². The number of pyridine rings is 1. The van der Waals surface area contributed by atoms with Crippen molar-refractivity contribution in [1.29, 1.82) is 0 Å². The second-order valence-electron chi connectivity index (χ2n) is 4.75. The van der Waals surface area contributed by atoms with E-state index >= 15 is 0 Å². The van der Waals surface area contributed by atoms with Gasteiger partial charge in [0.15, 0.2) is 5.11 Å². The summed E-state index contributed by atoms with van der Waals surface area (Å²) in [5.74, 6) is 0. The van der Waals surface area contributed by atoms with Crippen molar-refractivity contribution >= 4 is 28.7 Å². The van der Waals surface area contributed by atoms with Crippen molar-refractivity contribution in [2.75, 3.05) is 32.1 Å². The Labute approximate surface area is 119 Å². The lowest BCUT2D eigenvalue weighted by Crippen LogP contribution is -2.46. The van der Waals surface area contributed by atoms with E-state index in [0.29, 0.717) is 5.11 Å². The minimum absolute atomic E-state index is 0.689. The fraction of sp³-hybridized carbons (Fsp3) is 0.462. The fourth-order valence-electron chi connectivity index (χ4n) is 1.67. The maximum Gasteiger partial charge on any atom is 0.189 e. The molecule has 102 valence electrons. The summed E-state index contributed by atoms with van der Waals surface area (Å²) in [6.07, 6.45) is 2.99. The largest absolute Gasteiger partial charge is 0.378 e. The number of rotatable bonds is 3. The first-order chi connectivity index (χ1) is 9.08. The lowest BCUT2D eigenvalue weighted by molar-refractivity contribution is 0.296. The van der Waals surface area contributed by atoms with Crippen molar-refractivity contribution in [1.82, 2.24) is 15.3 Å². The Morgan fingerprint density at radius 3 is 2.79 bits per heavy atom. The quantitative estimate of drug-likeness (QED) is 0.515. The van der Waals surface area contributed by atoms with Gasteiger partial charge >= 0.3 is 0 Å². The van der Waals surface area contributed by atoms with Gasteiger partial charge in [-0.15, -0.1) is 0 Å². The molecule has 1 aliphatic rings. The van der Waals surface area contributed by atoms with E-state index in [2.05, 4.69) is 20.4 Å². The third-order valence-corrected chi connectivity index (χ3v) is 3.44. The van der Waals surface area contributed by atoms with Crippen LogP contribution in [0.1, 0.15) is 19.0 Å². The molecule has 1 aromatic heterocycles. The number of aromatic nitrogens is 1. The van der Waals surface area contributed by atoms with Gasteiger partial charge in [0.05, 0.1) is 11.4 Å². The summed E-state index contributed by atoms with van der Waals surface area (Å²) >= 11 is 5.24. The fourth-order valence-corrected chi connectivity index (χ4v) is 1.90. The Morgan fingerprint density at radius 2 is 2.21 bits per heavy atom. The van der Waals surface area contributed by atoms with Crippen LogP contribution >= 0.6 is 12.2 Å². The van der Waals surface area contributed by atoms with Gasteiger partial charge in [0, 0.05) is 39.1 Å². The van der Waals surface area contributed by atoms with E-state index in [1.54, 1.807) is 6.20 Å². The van der Waals surface area contributed by atoms with Crippen LogP contribution in [-0.4, -0.2) is 47.9 Å². The highest BCUT2D eigenvalue weighted by Gasteiger charge is 2.16. The zero-order valence-electron chi connectivity index (χ0n) is 11.6. The summed E-state index contributed by atoms with van der Waals surface area (Å²) in [6, 6.07) is 3.97. The van der Waals surface area contributed by atoms with E-state index in [1.807, 2.05) is 38.1 Å². The monoisotopic (exact) mass is 277 g/mol. The van der Waals surface area contributed by atoms with Crippen molar-refractivity contribution in [3.63, 3.8) is 0 Å². The lowest BCUT2D eigenvalue weighted by atomic mass is 10.2. The third kappa shape index (κ3) is 3.41. The number of nitrogens with one attached hydrogen (secondary N) is 1. The maximum atomic E-state index is 5.24. The predicted molar refractivity (Wildman–Crippen MR) is 82.7 cm³/mol. The Balaban J connectivity index is 2.03. The molecule has 0 amide bonds. The molecule has 0 aromatic carbocycles. The minimum Gasteiger partial charge on any atom is -0.378 e. The molecule has 19 heavy (non-hydrogen) atoms. The third-order valence-electron chi connectivity index (χ3n) is 3.09. The van der Waals surface area contributed by atoms with Crippen LogP contribution in [0.3, 0.4) is 0 Å². The average Bonchev–Trinajstić information content (AvgIpc) is 2.34. The van der Waals surface area contributed by atoms with Crippen LogP contribution in [0.2, 0.25) is 0 Å². The number of thiocarbonyl (C=S) groups is 1. The topological polar surface area (TPSA) is 43.8 Å². The van der Waals surface area contributed by atoms with Crippen LogP contribution < -0.4 is 10.3 Å². The Kier molecular flexibility index (Phi) is 4.31. The van der Waals surface area contributed by atoms with Crippen LogP contribution in [0.15, 0.2) is 23.4 Å². The van der Waals surface area contributed by atoms with Gasteiger partial charge in [0.25, 0.3) is 0 Å². The van der Waals surface area contributed by atoms with Crippen LogP contribution in [-0.2, 0) is 0 Å². The molecular formula is C13H19N5S. The van der Waals surface area contributed by atoms with Crippen LogP contribution in [0.25, 0.3) is 0 Å². The normalized spacial score (nSPS) is 14.9. The first kappa shape index (κ1) is 13.7. The first-order valence-electron chi connectivity index (χ1n) is 6.31. The Hall–Kier alpha value is -1.69. The average molecular weight is 277 g/mol. The molecule has 0 atom stereocenters. The van der Waals surface area contributed by atoms with Gasteiger partial charge in [-0.25, -0.2) is 0 Å². The van der Waals surface area contributed by atoms with Crippen molar-refractivity contribution in [2.45, 2.75) is 13.3 Å². The maximum absolute atomic E-state index is 5.24. The van der Waals surface area contributed by atoms with Crippen LogP contribution in [0, 0.1) is 0 Å². The van der Waals surface area contributed by atoms with Crippen LogP contribution in [0.4, 0.5) is 5.69 Å². The number of hydrogen-bond acceptors (Lipinski definition) is 4. The molecule has 0 bridgehead atoms. The molecule has 1 N–H and O–H groups in total. The lowest BCUT2D eigenvalue weighted by Gasteiger charge is -2.32. The molecule has 2 rings (SSSR count). The Morgan fingerprint density at radius 1 is 1.47 bits per heavy atom. The van der Waals surface area contributed by atoms with Crippen molar-refractivity contribution in [2.24, 2.45) is 5.10 Å². The second-order valence-corrected chi connectivity index (χ2v) is 5.14. The predicted octanol–water partition coefficient (Wildman–Crippen LogP) is 1.45. The van der Waals surface area contributed by atoms with Gasteiger partial charge in [-0.05, 0) is 37.7 Å². The van der Waals surface area contributed by atoms with Crippen LogP contribution in [0.5, 0.6) is 0 Å². The SMILES string of the molecule is C/C(=N\NC(=S)N1CCC1)c1cc(N(C)C)ccn1. The van der Waals surface area contributed by atoms with Gasteiger partial charge in [0.2, 0.25) is 0 Å². The van der Waals surface area contributed by atoms with E-state index in [-0.39, 0.29) is 0 Å². The van der Waals surface area contributed by atoms with Gasteiger partial charge < -0.3 is 9.80 Å². The van der Waals surface area contributed by atoms with E-state index < -0.39 is 0 Å². The number of likely N-dealkylation sites (tertiary alicyclic amines) is 1.